The minimum absolute atomic E-state index is 0.0581. The molecule has 81 heavy (non-hydrogen) atoms. The smallest absolute Gasteiger partial charge is 0.387 e. The number of phosphoric ester groups is 1. The van der Waals surface area contributed by atoms with Gasteiger partial charge in [0.15, 0.2) is 0 Å². The molecule has 0 aliphatic rings. The molecule has 9 heteroatoms. The molecule has 0 aliphatic carbocycles. The summed E-state index contributed by atoms with van der Waals surface area (Å²) in [5, 5.41) is 14.0. The van der Waals surface area contributed by atoms with Crippen molar-refractivity contribution in [3.05, 3.63) is 36.5 Å². The number of phosphoric acid groups is 1. The molecule has 0 aliphatic heterocycles. The summed E-state index contributed by atoms with van der Waals surface area (Å²) in [6, 6.07) is -0.863. The van der Waals surface area contributed by atoms with Gasteiger partial charge in [-0.15, -0.1) is 0 Å². The molecule has 0 rings (SSSR count). The topological polar surface area (TPSA) is 105 Å². The number of unbranched alkanes of at least 4 members (excludes halogenated alkanes) is 50. The highest BCUT2D eigenvalue weighted by Crippen LogP contribution is 2.43. The molecular formula is C72H142N2O6P+. The molecule has 3 unspecified atom stereocenters. The number of quaternary nitrogens is 1. The van der Waals surface area contributed by atoms with Crippen LogP contribution in [0.2, 0.25) is 0 Å². The van der Waals surface area contributed by atoms with Crippen LogP contribution in [0.15, 0.2) is 36.5 Å². The van der Waals surface area contributed by atoms with Crippen molar-refractivity contribution in [2.45, 2.75) is 379 Å². The van der Waals surface area contributed by atoms with Crippen LogP contribution in [0, 0.1) is 0 Å². The third-order valence-corrected chi connectivity index (χ3v) is 17.6. The molecule has 0 fully saturated rings. The normalized spacial score (nSPS) is 13.8. The summed E-state index contributed by atoms with van der Waals surface area (Å²) in [6.45, 7) is 4.85. The average molecular weight is 1160 g/mol. The number of carbonyl (C=O) groups excluding carboxylic acids is 1. The Morgan fingerprint density at radius 3 is 0.988 bits per heavy atom. The SMILES string of the molecule is CCCCCCCCCC/C=C\CCCCCCCCCCCCCCCCCCCCCC(=O)NC(COP(=O)(O)OCC[N+](C)(C)C)C(O)/C=C/CC/C=C/CCCCCCCCCCCCCCCCCCCCCCCC. The fourth-order valence-corrected chi connectivity index (χ4v) is 11.7. The minimum Gasteiger partial charge on any atom is -0.387 e. The van der Waals surface area contributed by atoms with Crippen molar-refractivity contribution in [1.29, 1.82) is 0 Å². The first kappa shape index (κ1) is 79.7. The van der Waals surface area contributed by atoms with E-state index in [-0.39, 0.29) is 19.1 Å². The zero-order valence-corrected chi connectivity index (χ0v) is 55.9. The third kappa shape index (κ3) is 66.1. The molecule has 0 heterocycles. The second kappa shape index (κ2) is 63.2. The van der Waals surface area contributed by atoms with Gasteiger partial charge in [-0.2, -0.15) is 0 Å². The molecule has 0 radical (unpaired) electrons. The first-order valence-electron chi connectivity index (χ1n) is 35.9. The Balaban J connectivity index is 4.06. The largest absolute Gasteiger partial charge is 0.472 e. The summed E-state index contributed by atoms with van der Waals surface area (Å²) in [5.74, 6) is -0.179. The average Bonchev–Trinajstić information content (AvgIpc) is 3.43. The second-order valence-electron chi connectivity index (χ2n) is 26.0. The van der Waals surface area contributed by atoms with Crippen LogP contribution in [0.1, 0.15) is 367 Å². The first-order chi connectivity index (χ1) is 39.5. The van der Waals surface area contributed by atoms with E-state index in [1.807, 2.05) is 27.2 Å². The maximum Gasteiger partial charge on any atom is 0.472 e. The van der Waals surface area contributed by atoms with Crippen molar-refractivity contribution in [3.8, 4) is 0 Å². The lowest BCUT2D eigenvalue weighted by atomic mass is 10.0. The number of nitrogens with zero attached hydrogens (tertiary/aromatic N) is 1. The monoisotopic (exact) mass is 1160 g/mol. The molecule has 480 valence electrons. The Morgan fingerprint density at radius 2 is 0.679 bits per heavy atom. The van der Waals surface area contributed by atoms with Crippen LogP contribution in [0.5, 0.6) is 0 Å². The molecular weight excluding hydrogens is 1020 g/mol. The number of likely N-dealkylation sites (N-methyl/N-ethyl adjacent to an activating group) is 1. The predicted molar refractivity (Wildman–Crippen MR) is 355 cm³/mol. The molecule has 0 saturated heterocycles. The lowest BCUT2D eigenvalue weighted by molar-refractivity contribution is -0.870. The summed E-state index contributed by atoms with van der Waals surface area (Å²) < 4.78 is 23.8. The fraction of sp³-hybridized carbons (Fsp3) is 0.903. The van der Waals surface area contributed by atoms with Gasteiger partial charge in [0.05, 0.1) is 39.9 Å². The summed E-state index contributed by atoms with van der Waals surface area (Å²) in [5.41, 5.74) is 0. The summed E-state index contributed by atoms with van der Waals surface area (Å²) in [7, 11) is 1.57. The molecule has 3 N–H and O–H groups in total. The maximum atomic E-state index is 13.1. The maximum absolute atomic E-state index is 13.1. The van der Waals surface area contributed by atoms with Gasteiger partial charge in [-0.25, -0.2) is 4.57 Å². The Labute approximate surface area is 506 Å². The van der Waals surface area contributed by atoms with E-state index < -0.39 is 20.0 Å². The van der Waals surface area contributed by atoms with E-state index in [9.17, 15) is 19.4 Å². The van der Waals surface area contributed by atoms with Gasteiger partial charge in [-0.05, 0) is 57.8 Å². The highest BCUT2D eigenvalue weighted by Gasteiger charge is 2.28. The van der Waals surface area contributed by atoms with Crippen LogP contribution >= 0.6 is 7.82 Å². The Kier molecular flexibility index (Phi) is 62.2. The Hall–Kier alpha value is -1.28. The van der Waals surface area contributed by atoms with E-state index in [0.717, 1.165) is 38.5 Å². The standard InChI is InChI=1S/C72H141N2O6P/c1-6-8-10-12-14-16-18-20-22-24-26-28-30-32-34-36-37-38-40-42-44-46-48-50-52-54-56-58-60-62-64-66-72(76)73-70(69-80-81(77,78)79-68-67-74(3,4)5)71(75)65-63-61-59-57-55-53-51-49-47-45-43-41-39-35-33-31-29-27-25-23-21-19-17-15-13-11-9-7-2/h24,26,55,57,63,65,70-71,75H,6-23,25,27-54,56,58-62,64,66-69H2,1-5H3,(H-,73,76,77,78)/p+1/b26-24-,57-55+,65-63+. The zero-order chi connectivity index (χ0) is 59.1. The third-order valence-electron chi connectivity index (χ3n) is 16.6. The van der Waals surface area contributed by atoms with Crippen LogP contribution in [0.4, 0.5) is 0 Å². The van der Waals surface area contributed by atoms with Gasteiger partial charge in [-0.3, -0.25) is 13.8 Å². The second-order valence-corrected chi connectivity index (χ2v) is 27.4. The number of rotatable bonds is 67. The number of hydrogen-bond acceptors (Lipinski definition) is 5. The molecule has 8 nitrogen and oxygen atoms in total. The van der Waals surface area contributed by atoms with E-state index in [2.05, 4.69) is 43.5 Å². The van der Waals surface area contributed by atoms with Gasteiger partial charge in [0.1, 0.15) is 13.2 Å². The molecule has 0 aromatic carbocycles. The number of aliphatic hydroxyl groups is 1. The number of aliphatic hydroxyl groups excluding tert-OH is 1. The van der Waals surface area contributed by atoms with Crippen LogP contribution in [0.25, 0.3) is 0 Å². The van der Waals surface area contributed by atoms with E-state index >= 15 is 0 Å². The van der Waals surface area contributed by atoms with E-state index in [4.69, 9.17) is 9.05 Å². The highest BCUT2D eigenvalue weighted by molar-refractivity contribution is 7.47. The van der Waals surface area contributed by atoms with Crippen molar-refractivity contribution >= 4 is 13.7 Å². The lowest BCUT2D eigenvalue weighted by Crippen LogP contribution is -2.45. The molecule has 0 bridgehead atoms. The summed E-state index contributed by atoms with van der Waals surface area (Å²) >= 11 is 0. The van der Waals surface area contributed by atoms with E-state index in [1.165, 1.54) is 308 Å². The van der Waals surface area contributed by atoms with Gasteiger partial charge in [0.25, 0.3) is 0 Å². The number of amides is 1. The van der Waals surface area contributed by atoms with Gasteiger partial charge in [-0.1, -0.05) is 339 Å². The summed E-state index contributed by atoms with van der Waals surface area (Å²) in [4.78, 5) is 23.4. The van der Waals surface area contributed by atoms with Crippen molar-refractivity contribution in [1.82, 2.24) is 5.32 Å². The fourth-order valence-electron chi connectivity index (χ4n) is 11.0. The number of hydrogen-bond donors (Lipinski definition) is 3. The lowest BCUT2D eigenvalue weighted by Gasteiger charge is -2.25. The number of allylic oxidation sites excluding steroid dienone is 5. The Morgan fingerprint density at radius 1 is 0.407 bits per heavy atom. The number of nitrogens with one attached hydrogen (secondary N) is 1. The van der Waals surface area contributed by atoms with Crippen molar-refractivity contribution in [3.63, 3.8) is 0 Å². The van der Waals surface area contributed by atoms with Crippen molar-refractivity contribution in [2.24, 2.45) is 0 Å². The van der Waals surface area contributed by atoms with Crippen LogP contribution in [-0.4, -0.2) is 73.4 Å². The number of carbonyl (C=O) groups is 1. The molecule has 0 aromatic rings. The van der Waals surface area contributed by atoms with Crippen molar-refractivity contribution in [2.75, 3.05) is 40.9 Å². The highest BCUT2D eigenvalue weighted by atomic mass is 31.2. The molecule has 0 spiro atoms. The van der Waals surface area contributed by atoms with E-state index in [1.54, 1.807) is 6.08 Å². The van der Waals surface area contributed by atoms with Crippen molar-refractivity contribution < 1.29 is 32.9 Å². The summed E-state index contributed by atoms with van der Waals surface area (Å²) in [6.07, 6.45) is 84.5. The minimum atomic E-state index is -4.36. The van der Waals surface area contributed by atoms with Crippen LogP contribution < -0.4 is 5.32 Å². The van der Waals surface area contributed by atoms with Crippen LogP contribution in [-0.2, 0) is 18.4 Å². The van der Waals surface area contributed by atoms with Gasteiger partial charge in [0, 0.05) is 6.42 Å². The molecule has 0 saturated carbocycles. The molecule has 3 atom stereocenters. The quantitative estimate of drug-likeness (QED) is 0.0243. The zero-order valence-electron chi connectivity index (χ0n) is 55.1. The first-order valence-corrected chi connectivity index (χ1v) is 37.4. The van der Waals surface area contributed by atoms with E-state index in [0.29, 0.717) is 17.4 Å². The van der Waals surface area contributed by atoms with Gasteiger partial charge >= 0.3 is 7.82 Å². The Bertz CT molecular complexity index is 1410. The van der Waals surface area contributed by atoms with Gasteiger partial charge in [0.2, 0.25) is 5.91 Å². The van der Waals surface area contributed by atoms with Gasteiger partial charge < -0.3 is 19.8 Å². The molecule has 1 amide bonds. The predicted octanol–water partition coefficient (Wildman–Crippen LogP) is 22.8. The molecule has 0 aromatic heterocycles. The van der Waals surface area contributed by atoms with Crippen LogP contribution in [0.3, 0.4) is 0 Å².